The first-order valence-corrected chi connectivity index (χ1v) is 8.04. The molecule has 0 saturated carbocycles. The van der Waals surface area contributed by atoms with E-state index in [-0.39, 0.29) is 30.0 Å². The Morgan fingerprint density at radius 3 is 2.42 bits per heavy atom. The molecule has 0 spiro atoms. The Morgan fingerprint density at radius 2 is 1.81 bits per heavy atom. The Balaban J connectivity index is 2.01. The van der Waals surface area contributed by atoms with Crippen LogP contribution in [-0.2, 0) is 4.79 Å². The van der Waals surface area contributed by atoms with Gasteiger partial charge in [-0.3, -0.25) is 19.7 Å². The van der Waals surface area contributed by atoms with Gasteiger partial charge in [0, 0.05) is 18.4 Å². The van der Waals surface area contributed by atoms with Crippen LogP contribution in [0, 0.1) is 24.0 Å². The first kappa shape index (κ1) is 19.1. The van der Waals surface area contributed by atoms with Gasteiger partial charge >= 0.3 is 0 Å². The molecule has 0 heterocycles. The fourth-order valence-corrected chi connectivity index (χ4v) is 2.39. The topological polar surface area (TPSA) is 98.5 Å². The van der Waals surface area contributed by atoms with Gasteiger partial charge in [0.2, 0.25) is 5.91 Å². The average Bonchev–Trinajstić information content (AvgIpc) is 2.62. The molecule has 1 amide bonds. The van der Waals surface area contributed by atoms with Crippen molar-refractivity contribution in [3.63, 3.8) is 0 Å². The van der Waals surface area contributed by atoms with E-state index in [1.807, 2.05) is 19.9 Å². The molecule has 0 saturated heterocycles. The third-order valence-corrected chi connectivity index (χ3v) is 4.08. The van der Waals surface area contributed by atoms with E-state index in [0.29, 0.717) is 11.3 Å². The molecule has 0 bridgehead atoms. The van der Waals surface area contributed by atoms with E-state index in [1.165, 1.54) is 25.3 Å². The van der Waals surface area contributed by atoms with Crippen LogP contribution in [0.15, 0.2) is 36.4 Å². The first-order chi connectivity index (χ1) is 12.3. The lowest BCUT2D eigenvalue weighted by Gasteiger charge is -2.08. The minimum atomic E-state index is -0.599. The molecular formula is C19H20N2O5. The summed E-state index contributed by atoms with van der Waals surface area (Å²) in [5, 5.41) is 13.6. The van der Waals surface area contributed by atoms with Crippen LogP contribution in [0.3, 0.4) is 0 Å². The Bertz CT molecular complexity index is 861. The number of nitro groups is 1. The van der Waals surface area contributed by atoms with Gasteiger partial charge in [0.1, 0.15) is 11.4 Å². The van der Waals surface area contributed by atoms with E-state index in [4.69, 9.17) is 4.74 Å². The predicted molar refractivity (Wildman–Crippen MR) is 97.8 cm³/mol. The highest BCUT2D eigenvalue weighted by molar-refractivity contribution is 6.00. The molecule has 7 nitrogen and oxygen atoms in total. The minimum Gasteiger partial charge on any atom is -0.496 e. The Hall–Kier alpha value is -3.22. The van der Waals surface area contributed by atoms with Crippen LogP contribution < -0.4 is 10.1 Å². The number of nitrogens with zero attached hydrogens (tertiary/aromatic N) is 1. The molecule has 0 aliphatic carbocycles. The minimum absolute atomic E-state index is 0.0261. The second kappa shape index (κ2) is 8.24. The van der Waals surface area contributed by atoms with Gasteiger partial charge in [0.25, 0.3) is 5.69 Å². The van der Waals surface area contributed by atoms with Crippen molar-refractivity contribution in [2.24, 2.45) is 0 Å². The number of amides is 1. The summed E-state index contributed by atoms with van der Waals surface area (Å²) in [5.74, 6) is -0.289. The average molecular weight is 356 g/mol. The van der Waals surface area contributed by atoms with E-state index in [1.54, 1.807) is 12.1 Å². The van der Waals surface area contributed by atoms with E-state index >= 15 is 0 Å². The molecule has 0 aliphatic rings. The van der Waals surface area contributed by atoms with Crippen molar-refractivity contribution in [1.29, 1.82) is 0 Å². The Morgan fingerprint density at radius 1 is 1.08 bits per heavy atom. The van der Waals surface area contributed by atoms with Crippen molar-refractivity contribution >= 4 is 23.1 Å². The second-order valence-corrected chi connectivity index (χ2v) is 5.91. The lowest BCUT2D eigenvalue weighted by Crippen LogP contribution is -2.14. The number of carbonyl (C=O) groups is 2. The number of methoxy groups -OCH3 is 1. The van der Waals surface area contributed by atoms with Gasteiger partial charge in [-0.25, -0.2) is 0 Å². The smallest absolute Gasteiger partial charge is 0.296 e. The van der Waals surface area contributed by atoms with Crippen LogP contribution in [0.1, 0.15) is 34.3 Å². The predicted octanol–water partition coefficient (Wildman–Crippen LogP) is 3.82. The molecule has 0 fully saturated rings. The number of benzene rings is 2. The van der Waals surface area contributed by atoms with Crippen LogP contribution in [0.5, 0.6) is 5.75 Å². The summed E-state index contributed by atoms with van der Waals surface area (Å²) in [7, 11) is 1.40. The lowest BCUT2D eigenvalue weighted by molar-refractivity contribution is -0.384. The van der Waals surface area contributed by atoms with E-state index < -0.39 is 10.8 Å². The van der Waals surface area contributed by atoms with Crippen LogP contribution >= 0.6 is 0 Å². The molecule has 2 aromatic rings. The summed E-state index contributed by atoms with van der Waals surface area (Å²) < 4.78 is 4.95. The summed E-state index contributed by atoms with van der Waals surface area (Å²) in [6.07, 6.45) is -0.0345. The van der Waals surface area contributed by atoms with Gasteiger partial charge < -0.3 is 10.1 Å². The lowest BCUT2D eigenvalue weighted by atomic mass is 10.0. The number of hydrogen-bond acceptors (Lipinski definition) is 5. The van der Waals surface area contributed by atoms with Crippen molar-refractivity contribution in [2.75, 3.05) is 12.4 Å². The Labute approximate surface area is 151 Å². The molecule has 0 aliphatic heterocycles. The van der Waals surface area contributed by atoms with Crippen LogP contribution in [0.2, 0.25) is 0 Å². The summed E-state index contributed by atoms with van der Waals surface area (Å²) in [5.41, 5.74) is 2.45. The number of ketones is 1. The number of anilines is 1. The highest BCUT2D eigenvalue weighted by Gasteiger charge is 2.18. The van der Waals surface area contributed by atoms with Gasteiger partial charge in [-0.05, 0) is 43.2 Å². The molecular weight excluding hydrogens is 336 g/mol. The van der Waals surface area contributed by atoms with Gasteiger partial charge in [-0.15, -0.1) is 0 Å². The molecule has 0 atom stereocenters. The van der Waals surface area contributed by atoms with E-state index in [0.717, 1.165) is 11.1 Å². The second-order valence-electron chi connectivity index (χ2n) is 5.91. The van der Waals surface area contributed by atoms with Crippen molar-refractivity contribution in [1.82, 2.24) is 0 Å². The number of rotatable bonds is 7. The number of nitrogens with one attached hydrogen (secondary N) is 1. The van der Waals surface area contributed by atoms with Gasteiger partial charge in [0.15, 0.2) is 5.78 Å². The highest BCUT2D eigenvalue weighted by atomic mass is 16.6. The number of hydrogen-bond donors (Lipinski definition) is 1. The van der Waals surface area contributed by atoms with E-state index in [9.17, 15) is 19.7 Å². The number of nitro benzene ring substituents is 1. The first-order valence-electron chi connectivity index (χ1n) is 8.04. The molecule has 0 aromatic heterocycles. The number of carbonyl (C=O) groups excluding carboxylic acids is 2. The zero-order chi connectivity index (χ0) is 19.3. The maximum atomic E-state index is 12.2. The number of aryl methyl sites for hydroxylation is 2. The summed E-state index contributed by atoms with van der Waals surface area (Å²) >= 11 is 0. The SMILES string of the molecule is COc1ccc(NC(=O)CCC(=O)c2ccc(C)c(C)c2)c([N+](=O)[O-])c1. The third kappa shape index (κ3) is 4.66. The molecule has 2 rings (SSSR count). The molecule has 1 N–H and O–H groups in total. The molecule has 26 heavy (non-hydrogen) atoms. The Kier molecular flexibility index (Phi) is 6.06. The third-order valence-electron chi connectivity index (χ3n) is 4.08. The van der Waals surface area contributed by atoms with Crippen molar-refractivity contribution < 1.29 is 19.2 Å². The zero-order valence-corrected chi connectivity index (χ0v) is 14.9. The highest BCUT2D eigenvalue weighted by Crippen LogP contribution is 2.29. The molecule has 2 aromatic carbocycles. The zero-order valence-electron chi connectivity index (χ0n) is 14.9. The summed E-state index contributed by atoms with van der Waals surface area (Å²) in [6, 6.07) is 9.54. The quantitative estimate of drug-likeness (QED) is 0.462. The van der Waals surface area contributed by atoms with Gasteiger partial charge in [-0.1, -0.05) is 12.1 Å². The summed E-state index contributed by atoms with van der Waals surface area (Å²) in [6.45, 7) is 3.88. The molecule has 136 valence electrons. The maximum Gasteiger partial charge on any atom is 0.296 e. The monoisotopic (exact) mass is 356 g/mol. The van der Waals surface area contributed by atoms with Crippen molar-refractivity contribution in [2.45, 2.75) is 26.7 Å². The maximum absolute atomic E-state index is 12.2. The van der Waals surface area contributed by atoms with Crippen LogP contribution in [0.4, 0.5) is 11.4 Å². The number of ether oxygens (including phenoxy) is 1. The van der Waals surface area contributed by atoms with Gasteiger partial charge in [-0.2, -0.15) is 0 Å². The molecule has 7 heteroatoms. The largest absolute Gasteiger partial charge is 0.496 e. The van der Waals surface area contributed by atoms with Crippen molar-refractivity contribution in [3.05, 3.63) is 63.2 Å². The van der Waals surface area contributed by atoms with Crippen LogP contribution in [-0.4, -0.2) is 23.7 Å². The summed E-state index contributed by atoms with van der Waals surface area (Å²) in [4.78, 5) is 34.8. The van der Waals surface area contributed by atoms with E-state index in [2.05, 4.69) is 5.32 Å². The number of Topliss-reactive ketones (excluding diaryl/α,β-unsaturated/α-hetero) is 1. The van der Waals surface area contributed by atoms with Crippen LogP contribution in [0.25, 0.3) is 0 Å². The fraction of sp³-hybridized carbons (Fsp3) is 0.263. The fourth-order valence-electron chi connectivity index (χ4n) is 2.39. The standard InChI is InChI=1S/C19H20N2O5/c1-12-4-5-14(10-13(12)2)18(22)8-9-19(23)20-16-7-6-15(26-3)11-17(16)21(24)25/h4-7,10-11H,8-9H2,1-3H3,(H,20,23). The molecule has 0 radical (unpaired) electrons. The van der Waals surface area contributed by atoms with Crippen molar-refractivity contribution in [3.8, 4) is 5.75 Å². The normalized spacial score (nSPS) is 10.3. The van der Waals surface area contributed by atoms with Gasteiger partial charge in [0.05, 0.1) is 18.1 Å². The molecule has 0 unspecified atom stereocenters.